The van der Waals surface area contributed by atoms with Gasteiger partial charge in [-0.2, -0.15) is 13.2 Å². The monoisotopic (exact) mass is 388 g/mol. The fourth-order valence-electron chi connectivity index (χ4n) is 2.73. The van der Waals surface area contributed by atoms with Crippen molar-refractivity contribution in [2.24, 2.45) is 0 Å². The maximum absolute atomic E-state index is 14.3. The first-order chi connectivity index (χ1) is 10.3. The van der Waals surface area contributed by atoms with Crippen molar-refractivity contribution in [2.45, 2.75) is 25.6 Å². The molecule has 8 heteroatoms. The highest BCUT2D eigenvalue weighted by molar-refractivity contribution is 5.85. The van der Waals surface area contributed by atoms with Gasteiger partial charge in [-0.3, -0.25) is 4.90 Å². The molecule has 0 saturated carbocycles. The van der Waals surface area contributed by atoms with E-state index in [9.17, 15) is 17.6 Å². The zero-order valence-corrected chi connectivity index (χ0v) is 15.0. The molecule has 0 amide bonds. The van der Waals surface area contributed by atoms with Crippen molar-refractivity contribution < 1.29 is 17.6 Å². The minimum Gasteiger partial charge on any atom is -0.314 e. The van der Waals surface area contributed by atoms with Gasteiger partial charge in [0, 0.05) is 37.8 Å². The lowest BCUT2D eigenvalue weighted by molar-refractivity contribution is -0.137. The van der Waals surface area contributed by atoms with Crippen molar-refractivity contribution in [3.8, 4) is 0 Å². The molecule has 1 heterocycles. The van der Waals surface area contributed by atoms with Gasteiger partial charge >= 0.3 is 6.18 Å². The van der Waals surface area contributed by atoms with Crippen LogP contribution < -0.4 is 5.32 Å². The summed E-state index contributed by atoms with van der Waals surface area (Å²) in [4.78, 5) is 2.09. The largest absolute Gasteiger partial charge is 0.416 e. The van der Waals surface area contributed by atoms with E-state index in [2.05, 4.69) is 16.8 Å². The number of benzene rings is 1. The summed E-state index contributed by atoms with van der Waals surface area (Å²) in [6.45, 7) is 8.74. The lowest BCUT2D eigenvalue weighted by atomic mass is 9.96. The molecule has 1 aromatic rings. The van der Waals surface area contributed by atoms with E-state index in [0.717, 1.165) is 37.8 Å². The van der Waals surface area contributed by atoms with Gasteiger partial charge < -0.3 is 5.32 Å². The smallest absolute Gasteiger partial charge is 0.314 e. The Morgan fingerprint density at radius 1 is 1.25 bits per heavy atom. The highest BCUT2D eigenvalue weighted by atomic mass is 35.5. The number of rotatable bonds is 4. The van der Waals surface area contributed by atoms with Gasteiger partial charge in [-0.05, 0) is 25.5 Å². The molecule has 0 aromatic heterocycles. The van der Waals surface area contributed by atoms with Gasteiger partial charge in [0.2, 0.25) is 0 Å². The molecule has 0 aliphatic carbocycles. The molecule has 1 atom stereocenters. The summed E-state index contributed by atoms with van der Waals surface area (Å²) < 4.78 is 52.3. The van der Waals surface area contributed by atoms with Crippen LogP contribution in [0.2, 0.25) is 0 Å². The van der Waals surface area contributed by atoms with Crippen LogP contribution in [-0.4, -0.2) is 31.1 Å². The molecule has 2 nitrogen and oxygen atoms in total. The van der Waals surface area contributed by atoms with E-state index in [1.54, 1.807) is 0 Å². The molecule has 1 aromatic carbocycles. The molecular formula is C16H22Cl2F4N2. The van der Waals surface area contributed by atoms with Crippen LogP contribution in [0.1, 0.15) is 30.5 Å². The van der Waals surface area contributed by atoms with E-state index in [0.29, 0.717) is 18.1 Å². The lowest BCUT2D eigenvalue weighted by Gasteiger charge is -2.35. The molecule has 1 aliphatic heterocycles. The second kappa shape index (κ2) is 9.61. The Morgan fingerprint density at radius 3 is 2.29 bits per heavy atom. The van der Waals surface area contributed by atoms with Crippen LogP contribution in [0, 0.1) is 5.82 Å². The summed E-state index contributed by atoms with van der Waals surface area (Å²) in [5.74, 6) is -0.806. The maximum atomic E-state index is 14.3. The van der Waals surface area contributed by atoms with E-state index >= 15 is 0 Å². The lowest BCUT2D eigenvalue weighted by Crippen LogP contribution is -2.45. The minimum absolute atomic E-state index is 0. The average Bonchev–Trinajstić information content (AvgIpc) is 2.45. The van der Waals surface area contributed by atoms with E-state index in [1.807, 2.05) is 6.92 Å². The second-order valence-electron chi connectivity index (χ2n) is 5.70. The van der Waals surface area contributed by atoms with Gasteiger partial charge in [0.05, 0.1) is 5.56 Å². The Kier molecular flexibility index (Phi) is 9.28. The maximum Gasteiger partial charge on any atom is 0.416 e. The highest BCUT2D eigenvalue weighted by Gasteiger charge is 2.32. The van der Waals surface area contributed by atoms with Crippen LogP contribution in [0.3, 0.4) is 0 Å². The van der Waals surface area contributed by atoms with E-state index in [-0.39, 0.29) is 30.9 Å². The SMILES string of the molecule is C=C(C)C[C@H](c1ccc(C(F)(F)F)cc1F)N1CCNCC1.Cl.Cl. The Balaban J connectivity index is 0.00000264. The molecule has 0 spiro atoms. The third-order valence-electron chi connectivity index (χ3n) is 3.82. The Morgan fingerprint density at radius 2 is 1.83 bits per heavy atom. The molecular weight excluding hydrogens is 367 g/mol. The van der Waals surface area contributed by atoms with Crippen LogP contribution in [0.15, 0.2) is 30.4 Å². The summed E-state index contributed by atoms with van der Waals surface area (Å²) in [5.41, 5.74) is 0.226. The second-order valence-corrected chi connectivity index (χ2v) is 5.70. The standard InChI is InChI=1S/C16H20F4N2.2ClH/c1-11(2)9-15(22-7-5-21-6-8-22)13-4-3-12(10-14(13)17)16(18,19)20;;/h3-4,10,15,21H,1,5-9H2,2H3;2*1H/t15-;;/m1../s1. The molecule has 0 unspecified atom stereocenters. The first-order valence-electron chi connectivity index (χ1n) is 7.25. The van der Waals surface area contributed by atoms with Crippen molar-refractivity contribution in [1.29, 1.82) is 0 Å². The molecule has 0 bridgehead atoms. The summed E-state index contributed by atoms with van der Waals surface area (Å²) >= 11 is 0. The number of piperazine rings is 1. The van der Waals surface area contributed by atoms with Crippen molar-refractivity contribution >= 4 is 24.8 Å². The first kappa shape index (κ1) is 23.2. The van der Waals surface area contributed by atoms with E-state index in [4.69, 9.17) is 0 Å². The van der Waals surface area contributed by atoms with Gasteiger partial charge in [0.1, 0.15) is 5.82 Å². The number of nitrogens with zero attached hydrogens (tertiary/aromatic N) is 1. The zero-order chi connectivity index (χ0) is 16.3. The number of alkyl halides is 3. The van der Waals surface area contributed by atoms with Crippen LogP contribution in [-0.2, 0) is 6.18 Å². The van der Waals surface area contributed by atoms with Gasteiger partial charge in [0.25, 0.3) is 0 Å². The zero-order valence-electron chi connectivity index (χ0n) is 13.3. The van der Waals surface area contributed by atoms with E-state index < -0.39 is 17.6 Å². The summed E-state index contributed by atoms with van der Waals surface area (Å²) in [5, 5.41) is 3.21. The van der Waals surface area contributed by atoms with Crippen molar-refractivity contribution in [1.82, 2.24) is 10.2 Å². The quantitative estimate of drug-likeness (QED) is 0.598. The fourth-order valence-corrected chi connectivity index (χ4v) is 2.73. The molecule has 1 fully saturated rings. The average molecular weight is 389 g/mol. The highest BCUT2D eigenvalue weighted by Crippen LogP contribution is 2.34. The van der Waals surface area contributed by atoms with Gasteiger partial charge in [-0.15, -0.1) is 31.4 Å². The van der Waals surface area contributed by atoms with Crippen LogP contribution in [0.4, 0.5) is 17.6 Å². The van der Waals surface area contributed by atoms with Crippen molar-refractivity contribution in [2.75, 3.05) is 26.2 Å². The van der Waals surface area contributed by atoms with Gasteiger partial charge in [0.15, 0.2) is 0 Å². The third-order valence-corrected chi connectivity index (χ3v) is 3.82. The first-order valence-corrected chi connectivity index (χ1v) is 7.25. The minimum atomic E-state index is -4.53. The van der Waals surface area contributed by atoms with E-state index in [1.165, 1.54) is 6.07 Å². The molecule has 1 N–H and O–H groups in total. The fraction of sp³-hybridized carbons (Fsp3) is 0.500. The molecule has 1 aliphatic rings. The summed E-state index contributed by atoms with van der Waals surface area (Å²) in [6.07, 6.45) is -4.00. The number of halogens is 6. The predicted octanol–water partition coefficient (Wildman–Crippen LogP) is 4.60. The Labute approximate surface area is 152 Å². The number of hydrogen-bond donors (Lipinski definition) is 1. The topological polar surface area (TPSA) is 15.3 Å². The summed E-state index contributed by atoms with van der Waals surface area (Å²) in [7, 11) is 0. The van der Waals surface area contributed by atoms with Crippen molar-refractivity contribution in [3.05, 3.63) is 47.3 Å². The molecule has 2 rings (SSSR count). The number of hydrogen-bond acceptors (Lipinski definition) is 2. The van der Waals surface area contributed by atoms with Crippen LogP contribution in [0.25, 0.3) is 0 Å². The Bertz CT molecular complexity index is 543. The molecule has 1 saturated heterocycles. The summed E-state index contributed by atoms with van der Waals surface area (Å²) in [6, 6.07) is 2.52. The third kappa shape index (κ3) is 5.92. The molecule has 138 valence electrons. The predicted molar refractivity (Wildman–Crippen MR) is 92.5 cm³/mol. The van der Waals surface area contributed by atoms with Crippen LogP contribution in [0.5, 0.6) is 0 Å². The number of nitrogens with one attached hydrogen (secondary N) is 1. The van der Waals surface area contributed by atoms with Gasteiger partial charge in [-0.1, -0.05) is 11.6 Å². The van der Waals surface area contributed by atoms with Gasteiger partial charge in [-0.25, -0.2) is 4.39 Å². The van der Waals surface area contributed by atoms with Crippen molar-refractivity contribution in [3.63, 3.8) is 0 Å². The molecule has 24 heavy (non-hydrogen) atoms. The Hall–Kier alpha value is -0.820. The molecule has 0 radical (unpaired) electrons. The normalized spacial score (nSPS) is 16.7. The van der Waals surface area contributed by atoms with Crippen LogP contribution >= 0.6 is 24.8 Å².